The summed E-state index contributed by atoms with van der Waals surface area (Å²) in [5, 5.41) is 9.23. The van der Waals surface area contributed by atoms with Gasteiger partial charge in [-0.1, -0.05) is 0 Å². The minimum absolute atomic E-state index is 0.113. The largest absolute Gasteiger partial charge is 0.381 e. The van der Waals surface area contributed by atoms with Crippen LogP contribution in [-0.4, -0.2) is 35.2 Å². The topological polar surface area (TPSA) is 97.2 Å². The average Bonchev–Trinajstić information content (AvgIpc) is 3.03. The molecular weight excluding hydrogens is 330 g/mol. The van der Waals surface area contributed by atoms with Gasteiger partial charge in [0.2, 0.25) is 5.91 Å². The normalized spacial score (nSPS) is 17.4. The van der Waals surface area contributed by atoms with Crippen LogP contribution < -0.4 is 10.6 Å². The molecule has 2 unspecified atom stereocenters. The highest BCUT2D eigenvalue weighted by Gasteiger charge is 2.31. The maximum Gasteiger partial charge on any atom is 0.220 e. The number of carbonyl (C=O) groups is 1. The van der Waals surface area contributed by atoms with Crippen molar-refractivity contribution in [2.45, 2.75) is 25.5 Å². The van der Waals surface area contributed by atoms with Crippen LogP contribution in [0.4, 0.5) is 5.69 Å². The van der Waals surface area contributed by atoms with E-state index in [0.717, 1.165) is 29.9 Å². The van der Waals surface area contributed by atoms with E-state index in [1.165, 1.54) is 0 Å². The van der Waals surface area contributed by atoms with Crippen molar-refractivity contribution in [2.24, 2.45) is 18.7 Å². The van der Waals surface area contributed by atoms with Crippen LogP contribution in [0.2, 0.25) is 0 Å². The summed E-state index contributed by atoms with van der Waals surface area (Å²) in [5.41, 5.74) is 9.31. The van der Waals surface area contributed by atoms with Crippen molar-refractivity contribution in [3.8, 4) is 6.07 Å². The molecule has 3 rings (SSSR count). The Morgan fingerprint density at radius 1 is 1.54 bits per heavy atom. The molecule has 26 heavy (non-hydrogen) atoms. The highest BCUT2D eigenvalue weighted by Crippen LogP contribution is 2.34. The molecule has 2 heterocycles. The molecule has 1 aliphatic rings. The van der Waals surface area contributed by atoms with Crippen LogP contribution >= 0.6 is 0 Å². The van der Waals surface area contributed by atoms with E-state index in [4.69, 9.17) is 10.5 Å². The Balaban J connectivity index is 1.93. The first-order valence-electron chi connectivity index (χ1n) is 8.56. The number of nitrogens with two attached hydrogens (primary N) is 1. The lowest BCUT2D eigenvalue weighted by Crippen LogP contribution is -2.42. The molecule has 2 atom stereocenters. The van der Waals surface area contributed by atoms with Gasteiger partial charge in [0, 0.05) is 38.5 Å². The van der Waals surface area contributed by atoms with Crippen molar-refractivity contribution in [1.29, 1.82) is 5.26 Å². The summed E-state index contributed by atoms with van der Waals surface area (Å²) in [6.45, 7) is 1.44. The number of nitriles is 1. The standard InChI is InChI=1S/C19H23N5O2/c1-23-12-22-9-16(23)11-24-10-15(18(26-2)7-19(21)25)6-14-5-13(8-20)3-4-17(14)24/h3-5,9,12,15,18H,6-7,10-11H2,1-2H3,(H2,21,25). The van der Waals surface area contributed by atoms with Crippen LogP contribution in [0.5, 0.6) is 0 Å². The number of amides is 1. The fraction of sp³-hybridized carbons (Fsp3) is 0.421. The molecule has 1 aliphatic heterocycles. The first-order chi connectivity index (χ1) is 12.5. The van der Waals surface area contributed by atoms with Gasteiger partial charge in [-0.3, -0.25) is 4.79 Å². The number of rotatable bonds is 6. The second-order valence-electron chi connectivity index (χ2n) is 6.74. The third kappa shape index (κ3) is 3.70. The maximum absolute atomic E-state index is 11.4. The quantitative estimate of drug-likeness (QED) is 0.846. The van der Waals surface area contributed by atoms with Gasteiger partial charge in [0.05, 0.1) is 42.7 Å². The lowest BCUT2D eigenvalue weighted by Gasteiger charge is -2.39. The Morgan fingerprint density at radius 3 is 2.96 bits per heavy atom. The summed E-state index contributed by atoms with van der Waals surface area (Å²) in [7, 11) is 3.58. The van der Waals surface area contributed by atoms with Gasteiger partial charge in [-0.05, 0) is 30.2 Å². The van der Waals surface area contributed by atoms with Gasteiger partial charge in [0.25, 0.3) is 0 Å². The van der Waals surface area contributed by atoms with Crippen LogP contribution in [0.25, 0.3) is 0 Å². The number of hydrogen-bond acceptors (Lipinski definition) is 5. The molecule has 0 bridgehead atoms. The Bertz CT molecular complexity index is 839. The number of primary amides is 1. The number of ether oxygens (including phenoxy) is 1. The third-order valence-electron chi connectivity index (χ3n) is 4.99. The van der Waals surface area contributed by atoms with Gasteiger partial charge in [0.15, 0.2) is 0 Å². The van der Waals surface area contributed by atoms with Gasteiger partial charge in [-0.25, -0.2) is 4.98 Å². The van der Waals surface area contributed by atoms with Crippen molar-refractivity contribution in [3.63, 3.8) is 0 Å². The predicted molar refractivity (Wildman–Crippen MR) is 97.2 cm³/mol. The Labute approximate surface area is 153 Å². The molecule has 0 fully saturated rings. The molecule has 0 spiro atoms. The number of fused-ring (bicyclic) bond motifs is 1. The van der Waals surface area contributed by atoms with Crippen molar-refractivity contribution in [2.75, 3.05) is 18.6 Å². The van der Waals surface area contributed by atoms with E-state index < -0.39 is 0 Å². The van der Waals surface area contributed by atoms with Gasteiger partial charge in [0.1, 0.15) is 0 Å². The van der Waals surface area contributed by atoms with E-state index in [0.29, 0.717) is 12.1 Å². The SMILES string of the molecule is COC(CC(N)=O)C1Cc2cc(C#N)ccc2N(Cc2cncn2C)C1. The van der Waals surface area contributed by atoms with Crippen LogP contribution in [0.3, 0.4) is 0 Å². The number of anilines is 1. The van der Waals surface area contributed by atoms with E-state index in [-0.39, 0.29) is 24.3 Å². The van der Waals surface area contributed by atoms with E-state index >= 15 is 0 Å². The second kappa shape index (κ2) is 7.58. The number of nitrogens with zero attached hydrogens (tertiary/aromatic N) is 4. The number of hydrogen-bond donors (Lipinski definition) is 1. The number of aromatic nitrogens is 2. The molecule has 1 aromatic carbocycles. The molecule has 1 amide bonds. The maximum atomic E-state index is 11.4. The Morgan fingerprint density at radius 2 is 2.35 bits per heavy atom. The van der Waals surface area contributed by atoms with Crippen molar-refractivity contribution in [3.05, 3.63) is 47.5 Å². The molecule has 1 aromatic heterocycles. The summed E-state index contributed by atoms with van der Waals surface area (Å²) >= 11 is 0. The van der Waals surface area contributed by atoms with Crippen LogP contribution in [0, 0.1) is 17.2 Å². The van der Waals surface area contributed by atoms with Gasteiger partial charge in [-0.15, -0.1) is 0 Å². The third-order valence-corrected chi connectivity index (χ3v) is 4.99. The monoisotopic (exact) mass is 353 g/mol. The van der Waals surface area contributed by atoms with Gasteiger partial charge >= 0.3 is 0 Å². The predicted octanol–water partition coefficient (Wildman–Crippen LogP) is 1.36. The fourth-order valence-electron chi connectivity index (χ4n) is 3.63. The first-order valence-corrected chi connectivity index (χ1v) is 8.56. The summed E-state index contributed by atoms with van der Waals surface area (Å²) in [5.74, 6) is -0.256. The van der Waals surface area contributed by atoms with Crippen molar-refractivity contribution in [1.82, 2.24) is 9.55 Å². The molecule has 7 nitrogen and oxygen atoms in total. The highest BCUT2D eigenvalue weighted by molar-refractivity contribution is 5.74. The van der Waals surface area contributed by atoms with Crippen molar-refractivity contribution >= 4 is 11.6 Å². The van der Waals surface area contributed by atoms with E-state index in [1.807, 2.05) is 36.0 Å². The van der Waals surface area contributed by atoms with Gasteiger partial charge < -0.3 is 19.9 Å². The summed E-state index contributed by atoms with van der Waals surface area (Å²) < 4.78 is 7.56. The van der Waals surface area contributed by atoms with E-state index in [9.17, 15) is 10.1 Å². The molecule has 136 valence electrons. The first kappa shape index (κ1) is 18.0. The van der Waals surface area contributed by atoms with Crippen LogP contribution in [0.15, 0.2) is 30.7 Å². The second-order valence-corrected chi connectivity index (χ2v) is 6.74. The average molecular weight is 353 g/mol. The van der Waals surface area contributed by atoms with E-state index in [2.05, 4.69) is 16.0 Å². The number of carbonyl (C=O) groups excluding carboxylic acids is 1. The smallest absolute Gasteiger partial charge is 0.220 e. The molecule has 7 heteroatoms. The van der Waals surface area contributed by atoms with Crippen LogP contribution in [-0.2, 0) is 29.5 Å². The van der Waals surface area contributed by atoms with E-state index in [1.54, 1.807) is 13.4 Å². The van der Waals surface area contributed by atoms with Gasteiger partial charge in [-0.2, -0.15) is 5.26 Å². The zero-order valence-corrected chi connectivity index (χ0v) is 15.1. The number of benzene rings is 1. The molecule has 2 aromatic rings. The summed E-state index contributed by atoms with van der Waals surface area (Å²) in [6, 6.07) is 7.96. The molecule has 0 saturated heterocycles. The Kier molecular flexibility index (Phi) is 5.24. The molecule has 0 radical (unpaired) electrons. The number of aryl methyl sites for hydroxylation is 1. The number of imidazole rings is 1. The lowest BCUT2D eigenvalue weighted by molar-refractivity contribution is -0.121. The van der Waals surface area contributed by atoms with Crippen molar-refractivity contribution < 1.29 is 9.53 Å². The Hall–Kier alpha value is -2.85. The highest BCUT2D eigenvalue weighted by atomic mass is 16.5. The molecule has 2 N–H and O–H groups in total. The zero-order valence-electron chi connectivity index (χ0n) is 15.1. The zero-order chi connectivity index (χ0) is 18.7. The molecule has 0 aliphatic carbocycles. The minimum Gasteiger partial charge on any atom is -0.381 e. The minimum atomic E-state index is -0.369. The summed E-state index contributed by atoms with van der Waals surface area (Å²) in [4.78, 5) is 17.9. The van der Waals surface area contributed by atoms with Crippen LogP contribution in [0.1, 0.15) is 23.2 Å². The molecule has 0 saturated carbocycles. The summed E-state index contributed by atoms with van der Waals surface area (Å²) in [6.07, 6.45) is 4.32. The number of methoxy groups -OCH3 is 1. The molecular formula is C19H23N5O2. The lowest BCUT2D eigenvalue weighted by atomic mass is 9.86. The fourth-order valence-corrected chi connectivity index (χ4v) is 3.63.